The molecule has 0 spiro atoms. The summed E-state index contributed by atoms with van der Waals surface area (Å²) in [4.78, 5) is 5.02. The first-order chi connectivity index (χ1) is 14.1. The molecule has 0 N–H and O–H groups in total. The van der Waals surface area contributed by atoms with Gasteiger partial charge in [0.15, 0.2) is 5.58 Å². The number of rotatable bonds is 4. The Balaban J connectivity index is 1.18. The van der Waals surface area contributed by atoms with Crippen LogP contribution in [0.25, 0.3) is 16.7 Å². The van der Waals surface area contributed by atoms with E-state index >= 15 is 0 Å². The van der Waals surface area contributed by atoms with Gasteiger partial charge in [0.25, 0.3) is 0 Å². The number of nitrogens with zero attached hydrogens (tertiary/aromatic N) is 5. The Bertz CT molecular complexity index is 1040. The van der Waals surface area contributed by atoms with E-state index in [2.05, 4.69) is 45.7 Å². The van der Waals surface area contributed by atoms with Crippen molar-refractivity contribution in [1.82, 2.24) is 24.7 Å². The van der Waals surface area contributed by atoms with Gasteiger partial charge >= 0.3 is 0 Å². The first kappa shape index (κ1) is 18.4. The Morgan fingerprint density at radius 1 is 1.14 bits per heavy atom. The minimum atomic E-state index is 0.500. The van der Waals surface area contributed by atoms with Gasteiger partial charge in [-0.1, -0.05) is 23.9 Å². The maximum atomic E-state index is 5.52. The number of hydrogen-bond acceptors (Lipinski definition) is 5. The molecule has 29 heavy (non-hydrogen) atoms. The molecule has 5 rings (SSSR count). The third-order valence-corrected chi connectivity index (χ3v) is 6.76. The van der Waals surface area contributed by atoms with Crippen molar-refractivity contribution in [3.8, 4) is 0 Å². The van der Waals surface area contributed by atoms with Crippen molar-refractivity contribution in [2.24, 2.45) is 7.05 Å². The highest BCUT2D eigenvalue weighted by Crippen LogP contribution is 2.33. The van der Waals surface area contributed by atoms with Crippen LogP contribution in [0.15, 0.2) is 35.4 Å². The van der Waals surface area contributed by atoms with Crippen LogP contribution in [0.1, 0.15) is 41.4 Å². The number of aromatic nitrogens is 3. The summed E-state index contributed by atoms with van der Waals surface area (Å²) in [5, 5.41) is 10.2. The molecule has 0 atom stereocenters. The van der Waals surface area contributed by atoms with Crippen LogP contribution >= 0.6 is 0 Å². The summed E-state index contributed by atoms with van der Waals surface area (Å²) < 4.78 is 7.50. The number of benzene rings is 1. The fourth-order valence-electron chi connectivity index (χ4n) is 4.90. The van der Waals surface area contributed by atoms with Crippen molar-refractivity contribution in [2.75, 3.05) is 32.7 Å². The second-order valence-corrected chi connectivity index (χ2v) is 8.39. The third-order valence-electron chi connectivity index (χ3n) is 6.76. The minimum absolute atomic E-state index is 0.500. The molecule has 4 heterocycles. The zero-order valence-corrected chi connectivity index (χ0v) is 17.4. The van der Waals surface area contributed by atoms with Crippen LogP contribution in [0.2, 0.25) is 0 Å². The van der Waals surface area contributed by atoms with Gasteiger partial charge in [0.1, 0.15) is 0 Å². The van der Waals surface area contributed by atoms with Gasteiger partial charge in [0.2, 0.25) is 0 Å². The second kappa shape index (κ2) is 7.34. The van der Waals surface area contributed by atoms with E-state index in [0.29, 0.717) is 5.92 Å². The third kappa shape index (κ3) is 3.25. The average molecular weight is 392 g/mol. The molecular weight excluding hydrogens is 362 g/mol. The van der Waals surface area contributed by atoms with Gasteiger partial charge in [0, 0.05) is 61.4 Å². The summed E-state index contributed by atoms with van der Waals surface area (Å²) in [5.74, 6) is 0.500. The van der Waals surface area contributed by atoms with Gasteiger partial charge in [-0.15, -0.1) is 0 Å². The second-order valence-electron chi connectivity index (χ2n) is 8.39. The van der Waals surface area contributed by atoms with Gasteiger partial charge in [-0.25, -0.2) is 0 Å². The largest absolute Gasteiger partial charge is 0.370 e. The molecule has 3 aromatic rings. The smallest absolute Gasteiger partial charge is 0.167 e. The summed E-state index contributed by atoms with van der Waals surface area (Å²) in [5.41, 5.74) is 6.86. The van der Waals surface area contributed by atoms with E-state index in [1.165, 1.54) is 22.3 Å². The highest BCUT2D eigenvalue weighted by Gasteiger charge is 2.27. The number of aryl methyl sites for hydroxylation is 1. The molecule has 2 aliphatic rings. The first-order valence-electron chi connectivity index (χ1n) is 10.6. The molecule has 0 amide bonds. The molecule has 6 heteroatoms. The van der Waals surface area contributed by atoms with Crippen molar-refractivity contribution in [3.05, 3.63) is 53.5 Å². The summed E-state index contributed by atoms with van der Waals surface area (Å²) in [7, 11) is 2.02. The van der Waals surface area contributed by atoms with Crippen molar-refractivity contribution < 1.29 is 4.52 Å². The molecule has 6 nitrogen and oxygen atoms in total. The van der Waals surface area contributed by atoms with Crippen LogP contribution in [0, 0.1) is 6.92 Å². The molecule has 2 aliphatic heterocycles. The van der Waals surface area contributed by atoms with E-state index < -0.39 is 0 Å². The van der Waals surface area contributed by atoms with Crippen LogP contribution in [0.3, 0.4) is 0 Å². The normalized spacial score (nSPS) is 18.6. The summed E-state index contributed by atoms with van der Waals surface area (Å²) in [6, 6.07) is 8.20. The number of para-hydroxylation sites is 1. The summed E-state index contributed by atoms with van der Waals surface area (Å²) in [6.07, 6.45) is 3.30. The van der Waals surface area contributed by atoms with Gasteiger partial charge in [0.05, 0.1) is 11.4 Å². The predicted octanol–water partition coefficient (Wildman–Crippen LogP) is 3.58. The molecule has 1 saturated heterocycles. The Kier molecular flexibility index (Phi) is 4.66. The lowest BCUT2D eigenvalue weighted by molar-refractivity contribution is 0.191. The van der Waals surface area contributed by atoms with E-state index in [1.807, 2.05) is 23.9 Å². The lowest BCUT2D eigenvalue weighted by atomic mass is 9.91. The number of piperidine rings is 1. The Labute approximate surface area is 171 Å². The van der Waals surface area contributed by atoms with Crippen LogP contribution < -0.4 is 0 Å². The SMILES string of the molecule is C=C1c2c(nn(C)c2C)CCN1CCN1CCC(c2noc3ccccc23)CC1. The van der Waals surface area contributed by atoms with Crippen molar-refractivity contribution >= 4 is 16.7 Å². The van der Waals surface area contributed by atoms with Crippen molar-refractivity contribution in [1.29, 1.82) is 0 Å². The molecular formula is C23H29N5O. The van der Waals surface area contributed by atoms with Crippen LogP contribution in [0.4, 0.5) is 0 Å². The molecule has 2 aromatic heterocycles. The number of fused-ring (bicyclic) bond motifs is 2. The molecule has 0 bridgehead atoms. The minimum Gasteiger partial charge on any atom is -0.370 e. The predicted molar refractivity (Wildman–Crippen MR) is 115 cm³/mol. The van der Waals surface area contributed by atoms with Gasteiger partial charge in [-0.3, -0.25) is 4.68 Å². The van der Waals surface area contributed by atoms with E-state index in [-0.39, 0.29) is 0 Å². The maximum Gasteiger partial charge on any atom is 0.167 e. The van der Waals surface area contributed by atoms with E-state index in [0.717, 1.165) is 69.0 Å². The van der Waals surface area contributed by atoms with Gasteiger partial charge in [-0.05, 0) is 45.0 Å². The fourth-order valence-corrected chi connectivity index (χ4v) is 4.90. The Morgan fingerprint density at radius 3 is 2.76 bits per heavy atom. The van der Waals surface area contributed by atoms with E-state index in [1.54, 1.807) is 0 Å². The van der Waals surface area contributed by atoms with Crippen LogP contribution in [-0.2, 0) is 13.5 Å². The van der Waals surface area contributed by atoms with Crippen LogP contribution in [0.5, 0.6) is 0 Å². The molecule has 0 aliphatic carbocycles. The van der Waals surface area contributed by atoms with Crippen molar-refractivity contribution in [3.63, 3.8) is 0 Å². The Hall–Kier alpha value is -2.60. The first-order valence-corrected chi connectivity index (χ1v) is 10.6. The quantitative estimate of drug-likeness (QED) is 0.680. The Morgan fingerprint density at radius 2 is 1.93 bits per heavy atom. The zero-order valence-electron chi connectivity index (χ0n) is 17.4. The van der Waals surface area contributed by atoms with Gasteiger partial charge < -0.3 is 14.3 Å². The van der Waals surface area contributed by atoms with E-state index in [9.17, 15) is 0 Å². The average Bonchev–Trinajstić information content (AvgIpc) is 3.29. The van der Waals surface area contributed by atoms with Gasteiger partial charge in [-0.2, -0.15) is 5.10 Å². The molecule has 0 radical (unpaired) electrons. The molecule has 0 saturated carbocycles. The van der Waals surface area contributed by atoms with Crippen molar-refractivity contribution in [2.45, 2.75) is 32.1 Å². The number of hydrogen-bond donors (Lipinski definition) is 0. The highest BCUT2D eigenvalue weighted by molar-refractivity contribution is 5.79. The molecule has 0 unspecified atom stereocenters. The standard InChI is InChI=1S/C23H29N5O/c1-16-22-17(2)28(13-10-20(22)24-26(16)3)15-14-27-11-8-18(9-12-27)23-19-6-4-5-7-21(19)29-25-23/h4-7,18H,2,8-15H2,1,3H3. The number of likely N-dealkylation sites (tertiary alicyclic amines) is 1. The highest BCUT2D eigenvalue weighted by atomic mass is 16.5. The lowest BCUT2D eigenvalue weighted by Gasteiger charge is -2.35. The molecule has 1 aromatic carbocycles. The molecule has 152 valence electrons. The summed E-state index contributed by atoms with van der Waals surface area (Å²) in [6.45, 7) is 11.9. The maximum absolute atomic E-state index is 5.52. The van der Waals surface area contributed by atoms with E-state index in [4.69, 9.17) is 4.52 Å². The monoisotopic (exact) mass is 391 g/mol. The fraction of sp³-hybridized carbons (Fsp3) is 0.478. The molecule has 1 fully saturated rings. The zero-order chi connectivity index (χ0) is 20.0. The van der Waals surface area contributed by atoms with Crippen LogP contribution in [-0.4, -0.2) is 57.5 Å². The lowest BCUT2D eigenvalue weighted by Crippen LogP contribution is -2.40. The summed E-state index contributed by atoms with van der Waals surface area (Å²) >= 11 is 0. The topological polar surface area (TPSA) is 50.3 Å².